The van der Waals surface area contributed by atoms with Crippen LogP contribution in [0.4, 0.5) is 4.39 Å². The molecule has 6 heteroatoms. The summed E-state index contributed by atoms with van der Waals surface area (Å²) in [4.78, 5) is 0. The first kappa shape index (κ1) is 9.82. The van der Waals surface area contributed by atoms with Crippen molar-refractivity contribution in [2.24, 2.45) is 0 Å². The predicted octanol–water partition coefficient (Wildman–Crippen LogP) is -2.24. The molecule has 1 aliphatic heterocycles. The average molecular weight is 182 g/mol. The number of ether oxygens (including phenoxy) is 1. The van der Waals surface area contributed by atoms with E-state index in [4.69, 9.17) is 20.4 Å². The summed E-state index contributed by atoms with van der Waals surface area (Å²) in [7, 11) is 0. The van der Waals surface area contributed by atoms with Crippen molar-refractivity contribution < 1.29 is 29.6 Å². The molecular weight excluding hydrogens is 171 g/mol. The van der Waals surface area contributed by atoms with E-state index in [9.17, 15) is 4.39 Å². The lowest BCUT2D eigenvalue weighted by atomic mass is 10.0. The van der Waals surface area contributed by atoms with E-state index in [2.05, 4.69) is 4.74 Å². The Kier molecular flexibility index (Phi) is 2.97. The highest BCUT2D eigenvalue weighted by Crippen LogP contribution is 2.21. The molecule has 1 aliphatic rings. The van der Waals surface area contributed by atoms with Crippen LogP contribution in [0, 0.1) is 0 Å². The lowest BCUT2D eigenvalue weighted by Crippen LogP contribution is -2.56. The summed E-state index contributed by atoms with van der Waals surface area (Å²) in [5.41, 5.74) is 0. The van der Waals surface area contributed by atoms with Crippen molar-refractivity contribution in [3.8, 4) is 0 Å². The van der Waals surface area contributed by atoms with Gasteiger partial charge in [0.1, 0.15) is 18.3 Å². The molecule has 0 aliphatic carbocycles. The fourth-order valence-corrected chi connectivity index (χ4v) is 1.06. The Morgan fingerprint density at radius 3 is 2.25 bits per heavy atom. The molecule has 5 nitrogen and oxygen atoms in total. The van der Waals surface area contributed by atoms with Crippen molar-refractivity contribution >= 4 is 0 Å². The third-order valence-electron chi connectivity index (χ3n) is 1.82. The summed E-state index contributed by atoms with van der Waals surface area (Å²) in [6, 6.07) is 0. The minimum absolute atomic E-state index is 0.651. The number of hydrogen-bond acceptors (Lipinski definition) is 5. The van der Waals surface area contributed by atoms with Crippen LogP contribution in [0.3, 0.4) is 0 Å². The van der Waals surface area contributed by atoms with Gasteiger partial charge >= 0.3 is 0 Å². The Bertz CT molecular complexity index is 150. The summed E-state index contributed by atoms with van der Waals surface area (Å²) in [5, 5.41) is 35.2. The molecule has 1 fully saturated rings. The van der Waals surface area contributed by atoms with Gasteiger partial charge in [0.15, 0.2) is 12.5 Å². The van der Waals surface area contributed by atoms with E-state index in [0.717, 1.165) is 0 Å². The van der Waals surface area contributed by atoms with E-state index in [0.29, 0.717) is 0 Å². The van der Waals surface area contributed by atoms with Crippen LogP contribution < -0.4 is 0 Å². The maximum absolute atomic E-state index is 12.9. The normalized spacial score (nSPS) is 49.2. The highest BCUT2D eigenvalue weighted by atomic mass is 19.1. The average Bonchev–Trinajstić information content (AvgIpc) is 2.08. The second kappa shape index (κ2) is 3.63. The van der Waals surface area contributed by atoms with E-state index in [1.54, 1.807) is 0 Å². The van der Waals surface area contributed by atoms with Gasteiger partial charge in [-0.1, -0.05) is 0 Å². The van der Waals surface area contributed by atoms with Crippen LogP contribution in [-0.2, 0) is 4.74 Å². The van der Waals surface area contributed by atoms with Crippen molar-refractivity contribution in [2.45, 2.75) is 30.8 Å². The molecule has 4 N–H and O–H groups in total. The third-order valence-corrected chi connectivity index (χ3v) is 1.82. The SMILES string of the molecule is OCC1OC(O)C(O)[C@H](O)[C@@H]1F. The first-order valence-electron chi connectivity index (χ1n) is 3.52. The molecule has 0 bridgehead atoms. The van der Waals surface area contributed by atoms with Gasteiger partial charge in [-0.25, -0.2) is 4.39 Å². The van der Waals surface area contributed by atoms with Crippen LogP contribution in [0.15, 0.2) is 0 Å². The van der Waals surface area contributed by atoms with Gasteiger partial charge in [-0.3, -0.25) is 0 Å². The minimum Gasteiger partial charge on any atom is -0.394 e. The molecule has 1 rings (SSSR count). The van der Waals surface area contributed by atoms with Gasteiger partial charge < -0.3 is 25.2 Å². The van der Waals surface area contributed by atoms with E-state index >= 15 is 0 Å². The molecule has 0 aromatic carbocycles. The summed E-state index contributed by atoms with van der Waals surface area (Å²) in [5.74, 6) is 0. The lowest BCUT2D eigenvalue weighted by Gasteiger charge is -2.36. The largest absolute Gasteiger partial charge is 0.394 e. The van der Waals surface area contributed by atoms with Gasteiger partial charge in [-0.05, 0) is 0 Å². The molecule has 1 saturated heterocycles. The van der Waals surface area contributed by atoms with Gasteiger partial charge in [0, 0.05) is 0 Å². The van der Waals surface area contributed by atoms with Crippen LogP contribution >= 0.6 is 0 Å². The highest BCUT2D eigenvalue weighted by Gasteiger charge is 2.43. The quantitative estimate of drug-likeness (QED) is 0.368. The van der Waals surface area contributed by atoms with Crippen LogP contribution in [0.5, 0.6) is 0 Å². The summed E-state index contributed by atoms with van der Waals surface area (Å²) >= 11 is 0. The van der Waals surface area contributed by atoms with Crippen molar-refractivity contribution in [1.29, 1.82) is 0 Å². The van der Waals surface area contributed by atoms with Gasteiger partial charge in [-0.2, -0.15) is 0 Å². The smallest absolute Gasteiger partial charge is 0.184 e. The number of hydrogen-bond donors (Lipinski definition) is 4. The van der Waals surface area contributed by atoms with Crippen molar-refractivity contribution in [2.75, 3.05) is 6.61 Å². The van der Waals surface area contributed by atoms with Crippen molar-refractivity contribution in [3.63, 3.8) is 0 Å². The van der Waals surface area contributed by atoms with Gasteiger partial charge in [0.25, 0.3) is 0 Å². The molecule has 0 spiro atoms. The minimum atomic E-state index is -1.88. The third kappa shape index (κ3) is 1.57. The summed E-state index contributed by atoms with van der Waals surface area (Å²) in [6.45, 7) is -0.651. The Balaban J connectivity index is 2.63. The lowest BCUT2D eigenvalue weighted by molar-refractivity contribution is -0.274. The fraction of sp³-hybridized carbons (Fsp3) is 1.00. The molecule has 3 unspecified atom stereocenters. The van der Waals surface area contributed by atoms with E-state index < -0.39 is 37.4 Å². The molecule has 0 aromatic heterocycles. The Morgan fingerprint density at radius 2 is 1.75 bits per heavy atom. The highest BCUT2D eigenvalue weighted by molar-refractivity contribution is 4.88. The summed E-state index contributed by atoms with van der Waals surface area (Å²) in [6.07, 6.45) is -8.19. The Hall–Kier alpha value is -0.270. The van der Waals surface area contributed by atoms with Gasteiger partial charge in [0.2, 0.25) is 0 Å². The molecule has 1 heterocycles. The second-order valence-electron chi connectivity index (χ2n) is 2.67. The fourth-order valence-electron chi connectivity index (χ4n) is 1.06. The molecule has 5 atom stereocenters. The van der Waals surface area contributed by atoms with Crippen LogP contribution in [0.1, 0.15) is 0 Å². The second-order valence-corrected chi connectivity index (χ2v) is 2.67. The molecule has 0 aromatic rings. The van der Waals surface area contributed by atoms with Crippen LogP contribution in [-0.4, -0.2) is 57.8 Å². The number of alkyl halides is 1. The van der Waals surface area contributed by atoms with Gasteiger partial charge in [-0.15, -0.1) is 0 Å². The first-order chi connectivity index (χ1) is 5.57. The van der Waals surface area contributed by atoms with E-state index in [1.165, 1.54) is 0 Å². The zero-order valence-corrected chi connectivity index (χ0v) is 6.17. The maximum Gasteiger partial charge on any atom is 0.184 e. The van der Waals surface area contributed by atoms with Crippen molar-refractivity contribution in [3.05, 3.63) is 0 Å². The molecule has 12 heavy (non-hydrogen) atoms. The first-order valence-corrected chi connectivity index (χ1v) is 3.52. The van der Waals surface area contributed by atoms with E-state index in [1.807, 2.05) is 0 Å². The monoisotopic (exact) mass is 182 g/mol. The zero-order chi connectivity index (χ0) is 9.30. The van der Waals surface area contributed by atoms with Gasteiger partial charge in [0.05, 0.1) is 6.61 Å². The predicted molar refractivity (Wildman–Crippen MR) is 34.9 cm³/mol. The Labute approximate surface area is 68.0 Å². The molecule has 72 valence electrons. The van der Waals surface area contributed by atoms with E-state index in [-0.39, 0.29) is 0 Å². The molecular formula is C6H11FO5. The zero-order valence-electron chi connectivity index (χ0n) is 6.17. The number of aliphatic hydroxyl groups excluding tert-OH is 4. The number of rotatable bonds is 1. The number of aliphatic hydroxyl groups is 4. The van der Waals surface area contributed by atoms with Crippen LogP contribution in [0.25, 0.3) is 0 Å². The molecule has 0 saturated carbocycles. The molecule has 0 radical (unpaired) electrons. The molecule has 0 amide bonds. The topological polar surface area (TPSA) is 90.2 Å². The maximum atomic E-state index is 12.9. The Morgan fingerprint density at radius 1 is 1.17 bits per heavy atom. The summed E-state index contributed by atoms with van der Waals surface area (Å²) < 4.78 is 17.3. The number of halogens is 1. The van der Waals surface area contributed by atoms with Crippen LogP contribution in [0.2, 0.25) is 0 Å². The van der Waals surface area contributed by atoms with Crippen molar-refractivity contribution in [1.82, 2.24) is 0 Å². The standard InChI is InChI=1S/C6H11FO5/c7-3-2(1-8)12-6(11)5(10)4(3)9/h2-6,8-11H,1H2/t2?,3-,4-,5?,6?/m1/s1.